The molecule has 1 amide bonds. The SMILES string of the molecule is CCOC(=O)C1CSCCN1C(=O)C1CC(O)CN1. The van der Waals surface area contributed by atoms with Crippen LogP contribution in [0.2, 0.25) is 0 Å². The molecule has 2 heterocycles. The zero-order valence-electron chi connectivity index (χ0n) is 11.0. The third kappa shape index (κ3) is 3.40. The van der Waals surface area contributed by atoms with Crippen LogP contribution in [0, 0.1) is 0 Å². The van der Waals surface area contributed by atoms with Crippen molar-refractivity contribution in [3.63, 3.8) is 0 Å². The molecular formula is C12H20N2O4S. The molecule has 0 aromatic carbocycles. The van der Waals surface area contributed by atoms with Crippen molar-refractivity contribution in [1.29, 1.82) is 0 Å². The molecule has 6 nitrogen and oxygen atoms in total. The zero-order chi connectivity index (χ0) is 13.8. The summed E-state index contributed by atoms with van der Waals surface area (Å²) in [5.41, 5.74) is 0. The summed E-state index contributed by atoms with van der Waals surface area (Å²) < 4.78 is 5.03. The van der Waals surface area contributed by atoms with Crippen molar-refractivity contribution >= 4 is 23.6 Å². The summed E-state index contributed by atoms with van der Waals surface area (Å²) in [4.78, 5) is 25.9. The second-order valence-electron chi connectivity index (χ2n) is 4.72. The minimum atomic E-state index is -0.495. The van der Waals surface area contributed by atoms with Gasteiger partial charge in [-0.3, -0.25) is 4.79 Å². The summed E-state index contributed by atoms with van der Waals surface area (Å²) >= 11 is 1.66. The summed E-state index contributed by atoms with van der Waals surface area (Å²) in [5, 5.41) is 12.5. The van der Waals surface area contributed by atoms with E-state index in [9.17, 15) is 14.7 Å². The Bertz CT molecular complexity index is 353. The third-order valence-corrected chi connectivity index (χ3v) is 4.40. The van der Waals surface area contributed by atoms with Crippen molar-refractivity contribution in [1.82, 2.24) is 10.2 Å². The number of carbonyl (C=O) groups is 2. The number of nitrogens with zero attached hydrogens (tertiary/aromatic N) is 1. The molecule has 0 aromatic heterocycles. The van der Waals surface area contributed by atoms with Crippen LogP contribution in [0.25, 0.3) is 0 Å². The Morgan fingerprint density at radius 2 is 2.32 bits per heavy atom. The Balaban J connectivity index is 2.02. The molecule has 0 aromatic rings. The molecule has 0 saturated carbocycles. The number of ether oxygens (including phenoxy) is 1. The maximum Gasteiger partial charge on any atom is 0.329 e. The monoisotopic (exact) mass is 288 g/mol. The van der Waals surface area contributed by atoms with Crippen LogP contribution in [0.4, 0.5) is 0 Å². The lowest BCUT2D eigenvalue weighted by Crippen LogP contribution is -2.55. The number of esters is 1. The molecule has 0 bridgehead atoms. The molecule has 19 heavy (non-hydrogen) atoms. The molecule has 2 aliphatic heterocycles. The molecule has 2 N–H and O–H groups in total. The number of rotatable bonds is 3. The number of hydrogen-bond acceptors (Lipinski definition) is 6. The van der Waals surface area contributed by atoms with E-state index >= 15 is 0 Å². The highest BCUT2D eigenvalue weighted by Crippen LogP contribution is 2.20. The van der Waals surface area contributed by atoms with Crippen molar-refractivity contribution in [2.75, 3.05) is 31.2 Å². The van der Waals surface area contributed by atoms with E-state index in [0.717, 1.165) is 5.75 Å². The van der Waals surface area contributed by atoms with Gasteiger partial charge in [-0.05, 0) is 13.3 Å². The molecule has 3 unspecified atom stereocenters. The van der Waals surface area contributed by atoms with Crippen LogP contribution < -0.4 is 5.32 Å². The van der Waals surface area contributed by atoms with E-state index in [0.29, 0.717) is 31.9 Å². The average Bonchev–Trinajstić information content (AvgIpc) is 2.85. The lowest BCUT2D eigenvalue weighted by atomic mass is 10.1. The predicted octanol–water partition coefficient (Wildman–Crippen LogP) is -0.784. The van der Waals surface area contributed by atoms with Crippen LogP contribution in [-0.4, -0.2) is 71.3 Å². The Morgan fingerprint density at radius 1 is 1.53 bits per heavy atom. The number of carbonyl (C=O) groups excluding carboxylic acids is 2. The second kappa shape index (κ2) is 6.58. The van der Waals surface area contributed by atoms with E-state index in [1.165, 1.54) is 0 Å². The summed E-state index contributed by atoms with van der Waals surface area (Å²) in [5.74, 6) is 0.980. The lowest BCUT2D eigenvalue weighted by molar-refractivity contribution is -0.154. The molecule has 108 valence electrons. The molecule has 2 rings (SSSR count). The minimum absolute atomic E-state index is 0.102. The average molecular weight is 288 g/mol. The van der Waals surface area contributed by atoms with Crippen LogP contribution in [0.3, 0.4) is 0 Å². The van der Waals surface area contributed by atoms with Crippen molar-refractivity contribution in [2.24, 2.45) is 0 Å². The summed E-state index contributed by atoms with van der Waals surface area (Å²) in [6.07, 6.45) is -0.0629. The highest BCUT2D eigenvalue weighted by Gasteiger charge is 2.38. The van der Waals surface area contributed by atoms with Crippen LogP contribution >= 0.6 is 11.8 Å². The van der Waals surface area contributed by atoms with Gasteiger partial charge in [0, 0.05) is 24.6 Å². The van der Waals surface area contributed by atoms with Crippen LogP contribution in [-0.2, 0) is 14.3 Å². The third-order valence-electron chi connectivity index (χ3n) is 3.38. The number of β-amino-alcohol motifs (C(OH)–C–C–N with tert-alkyl or cyclic N) is 1. The number of hydrogen-bond donors (Lipinski definition) is 2. The van der Waals surface area contributed by atoms with Gasteiger partial charge in [0.1, 0.15) is 6.04 Å². The van der Waals surface area contributed by atoms with Crippen LogP contribution in [0.15, 0.2) is 0 Å². The van der Waals surface area contributed by atoms with Gasteiger partial charge < -0.3 is 20.1 Å². The van der Waals surface area contributed by atoms with E-state index < -0.39 is 12.1 Å². The highest BCUT2D eigenvalue weighted by atomic mass is 32.2. The second-order valence-corrected chi connectivity index (χ2v) is 5.87. The van der Waals surface area contributed by atoms with Gasteiger partial charge in [-0.25, -0.2) is 4.79 Å². The van der Waals surface area contributed by atoms with Crippen LogP contribution in [0.5, 0.6) is 0 Å². The fraction of sp³-hybridized carbons (Fsp3) is 0.833. The van der Waals surface area contributed by atoms with Crippen molar-refractivity contribution < 1.29 is 19.4 Å². The van der Waals surface area contributed by atoms with Gasteiger partial charge in [-0.1, -0.05) is 0 Å². The standard InChI is InChI=1S/C12H20N2O4S/c1-2-18-12(17)10-7-19-4-3-14(10)11(16)9-5-8(15)6-13-9/h8-10,13,15H,2-7H2,1H3. The lowest BCUT2D eigenvalue weighted by Gasteiger charge is -2.35. The number of aliphatic hydroxyl groups is 1. The molecule has 0 aliphatic carbocycles. The molecule has 2 aliphatic rings. The van der Waals surface area contributed by atoms with E-state index in [1.54, 1.807) is 23.6 Å². The fourth-order valence-corrected chi connectivity index (χ4v) is 3.44. The quantitative estimate of drug-likeness (QED) is 0.663. The number of aliphatic hydroxyl groups excluding tert-OH is 1. The largest absolute Gasteiger partial charge is 0.464 e. The number of thioether (sulfide) groups is 1. The predicted molar refractivity (Wildman–Crippen MR) is 71.9 cm³/mol. The topological polar surface area (TPSA) is 78.9 Å². The molecule has 2 saturated heterocycles. The molecule has 3 atom stereocenters. The molecule has 2 fully saturated rings. The number of nitrogens with one attached hydrogen (secondary N) is 1. The first-order valence-electron chi connectivity index (χ1n) is 6.59. The van der Waals surface area contributed by atoms with Crippen molar-refractivity contribution in [2.45, 2.75) is 31.5 Å². The first-order valence-corrected chi connectivity index (χ1v) is 7.75. The normalized spacial score (nSPS) is 31.3. The van der Waals surface area contributed by atoms with Crippen LogP contribution in [0.1, 0.15) is 13.3 Å². The zero-order valence-corrected chi connectivity index (χ0v) is 11.8. The summed E-state index contributed by atoms with van der Waals surface area (Å²) in [6.45, 7) is 3.07. The first kappa shape index (κ1) is 14.6. The van der Waals surface area contributed by atoms with Gasteiger partial charge in [0.05, 0.1) is 18.8 Å². The van der Waals surface area contributed by atoms with Gasteiger partial charge >= 0.3 is 5.97 Å². The minimum Gasteiger partial charge on any atom is -0.464 e. The van der Waals surface area contributed by atoms with Gasteiger partial charge in [-0.15, -0.1) is 0 Å². The summed E-state index contributed by atoms with van der Waals surface area (Å²) in [7, 11) is 0. The Labute approximate surface area is 116 Å². The smallest absolute Gasteiger partial charge is 0.329 e. The van der Waals surface area contributed by atoms with E-state index in [4.69, 9.17) is 4.74 Å². The van der Waals surface area contributed by atoms with E-state index in [1.807, 2.05) is 0 Å². The Morgan fingerprint density at radius 3 is 2.95 bits per heavy atom. The van der Waals surface area contributed by atoms with Crippen molar-refractivity contribution in [3.8, 4) is 0 Å². The first-order chi connectivity index (χ1) is 9.13. The molecule has 0 radical (unpaired) electrons. The summed E-state index contributed by atoms with van der Waals surface area (Å²) in [6, 6.07) is -0.874. The van der Waals surface area contributed by atoms with Gasteiger partial charge in [0.15, 0.2) is 0 Å². The molecule has 7 heteroatoms. The highest BCUT2D eigenvalue weighted by molar-refractivity contribution is 7.99. The van der Waals surface area contributed by atoms with Gasteiger partial charge in [0.2, 0.25) is 5.91 Å². The van der Waals surface area contributed by atoms with Gasteiger partial charge in [0.25, 0.3) is 0 Å². The van der Waals surface area contributed by atoms with E-state index in [-0.39, 0.29) is 17.9 Å². The van der Waals surface area contributed by atoms with Gasteiger partial charge in [-0.2, -0.15) is 11.8 Å². The Hall–Kier alpha value is -0.790. The maximum absolute atomic E-state index is 12.4. The van der Waals surface area contributed by atoms with E-state index in [2.05, 4.69) is 5.32 Å². The maximum atomic E-state index is 12.4. The fourth-order valence-electron chi connectivity index (χ4n) is 2.41. The molecular weight excluding hydrogens is 268 g/mol. The molecule has 0 spiro atoms. The Kier molecular flexibility index (Phi) is 5.06. The number of amides is 1. The van der Waals surface area contributed by atoms with Crippen molar-refractivity contribution in [3.05, 3.63) is 0 Å².